The third-order valence-corrected chi connectivity index (χ3v) is 12.1. The smallest absolute Gasteiger partial charge is 0.407 e. The van der Waals surface area contributed by atoms with Crippen LogP contribution in [0.5, 0.6) is 0 Å². The molecule has 3 amide bonds. The molecule has 8 rings (SSSR count). The summed E-state index contributed by atoms with van der Waals surface area (Å²) in [6.45, 7) is 4.67. The number of hydrogen-bond donors (Lipinski definition) is 3. The summed E-state index contributed by atoms with van der Waals surface area (Å²) in [5, 5.41) is 14.6. The van der Waals surface area contributed by atoms with Gasteiger partial charge in [-0.2, -0.15) is 5.26 Å². The normalized spacial score (nSPS) is 18.7. The Morgan fingerprint density at radius 3 is 2.05 bits per heavy atom. The maximum Gasteiger partial charge on any atom is 0.407 e. The Kier molecular flexibility index (Phi) is 11.7. The van der Waals surface area contributed by atoms with E-state index < -0.39 is 18.2 Å². The first kappa shape index (κ1) is 41.0. The molecule has 0 spiro atoms. The van der Waals surface area contributed by atoms with Crippen LogP contribution >= 0.6 is 0 Å². The number of carbonyl (C=O) groups is 3. The lowest BCUT2D eigenvalue weighted by Gasteiger charge is -2.31. The molecular weight excluding hydrogens is 767 g/mol. The fraction of sp³-hybridized carbons (Fsp3) is 0.333. The molecule has 6 aromatic rings. The molecule has 0 aliphatic carbocycles. The summed E-state index contributed by atoms with van der Waals surface area (Å²) in [6.07, 6.45) is 5.18. The number of fused-ring (bicyclic) bond motifs is 1. The van der Waals surface area contributed by atoms with Crippen LogP contribution < -0.4 is 5.32 Å². The van der Waals surface area contributed by atoms with E-state index in [-0.39, 0.29) is 42.3 Å². The number of amides is 3. The highest BCUT2D eigenvalue weighted by Crippen LogP contribution is 2.38. The fourth-order valence-electron chi connectivity index (χ4n) is 8.82. The van der Waals surface area contributed by atoms with Gasteiger partial charge in [-0.15, -0.1) is 0 Å². The van der Waals surface area contributed by atoms with E-state index in [0.29, 0.717) is 18.8 Å². The van der Waals surface area contributed by atoms with Gasteiger partial charge in [0.15, 0.2) is 0 Å². The number of alkyl carbamates (subject to hydrolysis) is 1. The van der Waals surface area contributed by atoms with Crippen LogP contribution in [0, 0.1) is 23.2 Å². The van der Waals surface area contributed by atoms with Crippen molar-refractivity contribution in [2.45, 2.75) is 57.3 Å². The standard InChI is InChI=1S/C48H51N9O4/c1-29(2)42(54-48(60)61-5)46(58)57-28-30(25-49)22-41(57)45-51-27-39(53-45)37-20-19-35-23-34(17-18-36(35)24-37)31-13-15-32(16-14-31)38-26-50-44(52-38)40-12-9-21-56(40)47(59)43(55(3)4)33-10-7-6-8-11-33/h6-8,10-11,13-20,23-24,26-27,29-30,40-43H,9,12,21-22,28H2,1-5H3,(H,50,52)(H,51,53)(H,54,60)/t30-,40-,41-,42-,43+/m0/s1. The Morgan fingerprint density at radius 2 is 1.41 bits per heavy atom. The molecule has 13 heteroatoms. The number of ether oxygens (including phenoxy) is 1. The van der Waals surface area contributed by atoms with Crippen LogP contribution in [-0.2, 0) is 14.3 Å². The van der Waals surface area contributed by atoms with Crippen LogP contribution in [-0.4, -0.2) is 92.9 Å². The number of nitrogens with one attached hydrogen (secondary N) is 3. The number of rotatable bonds is 11. The fourth-order valence-corrected chi connectivity index (χ4v) is 8.82. The van der Waals surface area contributed by atoms with E-state index in [2.05, 4.69) is 87.0 Å². The van der Waals surface area contributed by atoms with Crippen molar-refractivity contribution in [2.75, 3.05) is 34.3 Å². The summed E-state index contributed by atoms with van der Waals surface area (Å²) in [6, 6.07) is 31.7. The Bertz CT molecular complexity index is 2580. The third kappa shape index (κ3) is 8.36. The minimum Gasteiger partial charge on any atom is -0.453 e. The quantitative estimate of drug-likeness (QED) is 0.118. The van der Waals surface area contributed by atoms with Crippen molar-refractivity contribution in [1.82, 2.24) is 40.0 Å². The predicted octanol–water partition coefficient (Wildman–Crippen LogP) is 8.05. The van der Waals surface area contributed by atoms with Gasteiger partial charge in [0.25, 0.3) is 0 Å². The Balaban J connectivity index is 0.956. The minimum atomic E-state index is -0.801. The Morgan fingerprint density at radius 1 is 0.803 bits per heavy atom. The van der Waals surface area contributed by atoms with Crippen molar-refractivity contribution < 1.29 is 19.1 Å². The maximum absolute atomic E-state index is 13.9. The topological polar surface area (TPSA) is 163 Å². The summed E-state index contributed by atoms with van der Waals surface area (Å²) < 4.78 is 4.76. The number of likely N-dealkylation sites (tertiary alicyclic amines) is 2. The first-order chi connectivity index (χ1) is 29.5. The molecule has 312 valence electrons. The number of H-pyrrole nitrogens is 2. The number of nitriles is 1. The van der Waals surface area contributed by atoms with Gasteiger partial charge in [-0.25, -0.2) is 14.8 Å². The Labute approximate surface area is 355 Å². The van der Waals surface area contributed by atoms with Crippen LogP contribution in [0.15, 0.2) is 103 Å². The second kappa shape index (κ2) is 17.4. The monoisotopic (exact) mass is 817 g/mol. The maximum atomic E-state index is 13.9. The van der Waals surface area contributed by atoms with Gasteiger partial charge >= 0.3 is 6.09 Å². The Hall–Kier alpha value is -6.78. The first-order valence-corrected chi connectivity index (χ1v) is 20.8. The molecule has 0 saturated carbocycles. The zero-order valence-electron chi connectivity index (χ0n) is 35.1. The average Bonchev–Trinajstić information content (AvgIpc) is 4.12. The number of imidazole rings is 2. The summed E-state index contributed by atoms with van der Waals surface area (Å²) in [4.78, 5) is 61.8. The summed E-state index contributed by atoms with van der Waals surface area (Å²) >= 11 is 0. The van der Waals surface area contributed by atoms with Crippen LogP contribution in [0.3, 0.4) is 0 Å². The van der Waals surface area contributed by atoms with Crippen LogP contribution in [0.1, 0.15) is 68.4 Å². The van der Waals surface area contributed by atoms with E-state index in [4.69, 9.17) is 9.72 Å². The second-order valence-electron chi connectivity index (χ2n) is 16.6. The van der Waals surface area contributed by atoms with Crippen molar-refractivity contribution in [2.24, 2.45) is 11.8 Å². The average molecular weight is 818 g/mol. The highest BCUT2D eigenvalue weighted by atomic mass is 16.5. The lowest BCUT2D eigenvalue weighted by atomic mass is 9.98. The molecule has 5 atom stereocenters. The number of benzene rings is 4. The molecule has 13 nitrogen and oxygen atoms in total. The van der Waals surface area contributed by atoms with E-state index >= 15 is 0 Å². The summed E-state index contributed by atoms with van der Waals surface area (Å²) in [7, 11) is 5.16. The molecule has 4 heterocycles. The van der Waals surface area contributed by atoms with E-state index in [1.54, 1.807) is 11.1 Å². The van der Waals surface area contributed by atoms with Crippen LogP contribution in [0.25, 0.3) is 44.4 Å². The molecule has 61 heavy (non-hydrogen) atoms. The highest BCUT2D eigenvalue weighted by Gasteiger charge is 2.42. The van der Waals surface area contributed by atoms with Gasteiger partial charge in [-0.1, -0.05) is 92.7 Å². The van der Waals surface area contributed by atoms with Gasteiger partial charge in [0.2, 0.25) is 11.8 Å². The number of methoxy groups -OCH3 is 1. The molecule has 2 aliphatic rings. The number of hydrogen-bond acceptors (Lipinski definition) is 8. The number of aromatic nitrogens is 4. The molecular formula is C48H51N9O4. The van der Waals surface area contributed by atoms with Crippen molar-refractivity contribution >= 4 is 28.7 Å². The van der Waals surface area contributed by atoms with E-state index in [9.17, 15) is 19.6 Å². The second-order valence-corrected chi connectivity index (χ2v) is 16.6. The molecule has 2 saturated heterocycles. The van der Waals surface area contributed by atoms with Crippen molar-refractivity contribution in [1.29, 1.82) is 5.26 Å². The van der Waals surface area contributed by atoms with E-state index in [1.807, 2.05) is 74.3 Å². The van der Waals surface area contributed by atoms with E-state index in [0.717, 1.165) is 68.6 Å². The summed E-state index contributed by atoms with van der Waals surface area (Å²) in [5.41, 5.74) is 6.84. The van der Waals surface area contributed by atoms with Crippen LogP contribution in [0.2, 0.25) is 0 Å². The zero-order valence-corrected chi connectivity index (χ0v) is 35.1. The molecule has 2 aromatic heterocycles. The third-order valence-electron chi connectivity index (χ3n) is 12.1. The molecule has 0 bridgehead atoms. The minimum absolute atomic E-state index is 0.0902. The number of carbonyl (C=O) groups excluding carboxylic acids is 3. The SMILES string of the molecule is COC(=O)N[C@H](C(=O)N1C[C@H](C#N)C[C@H]1c1ncc(-c2ccc3cc(-c4ccc(-c5cnc([C@@H]6CCCN6C(=O)[C@@H](c6ccccc6)N(C)C)[nH]5)cc4)ccc3c2)[nH]1)C(C)C. The molecule has 4 aromatic carbocycles. The van der Waals surface area contributed by atoms with Gasteiger partial charge in [0, 0.05) is 18.7 Å². The molecule has 3 N–H and O–H groups in total. The number of likely N-dealkylation sites (N-methyl/N-ethyl adjacent to an activating group) is 1. The predicted molar refractivity (Wildman–Crippen MR) is 233 cm³/mol. The highest BCUT2D eigenvalue weighted by molar-refractivity contribution is 5.91. The zero-order chi connectivity index (χ0) is 42.8. The van der Waals surface area contributed by atoms with Crippen molar-refractivity contribution in [3.8, 4) is 39.7 Å². The van der Waals surface area contributed by atoms with Crippen LogP contribution in [0.4, 0.5) is 4.79 Å². The van der Waals surface area contributed by atoms with Gasteiger partial charge in [-0.05, 0) is 84.4 Å². The molecule has 2 aliphatic heterocycles. The summed E-state index contributed by atoms with van der Waals surface area (Å²) in [5.74, 6) is 0.679. The first-order valence-electron chi connectivity index (χ1n) is 20.8. The van der Waals surface area contributed by atoms with Crippen molar-refractivity contribution in [3.63, 3.8) is 0 Å². The van der Waals surface area contributed by atoms with Crippen molar-refractivity contribution in [3.05, 3.63) is 121 Å². The van der Waals surface area contributed by atoms with Gasteiger partial charge in [0.1, 0.15) is 23.7 Å². The number of nitrogens with zero attached hydrogens (tertiary/aromatic N) is 6. The van der Waals surface area contributed by atoms with Gasteiger partial charge < -0.3 is 29.8 Å². The molecule has 0 radical (unpaired) electrons. The van der Waals surface area contributed by atoms with E-state index in [1.165, 1.54) is 7.11 Å². The number of aromatic amines is 2. The molecule has 2 fully saturated rings. The largest absolute Gasteiger partial charge is 0.453 e. The lowest BCUT2D eigenvalue weighted by molar-refractivity contribution is -0.137. The van der Waals surface area contributed by atoms with Gasteiger partial charge in [0.05, 0.1) is 55.0 Å². The molecule has 0 unspecified atom stereocenters. The lowest BCUT2D eigenvalue weighted by Crippen LogP contribution is -2.51. The van der Waals surface area contributed by atoms with Gasteiger partial charge in [-0.3, -0.25) is 14.5 Å².